The average molecular weight is 213 g/mol. The number of nitrogens with two attached hydrogens (primary N) is 1. The molecule has 0 aliphatic heterocycles. The lowest BCUT2D eigenvalue weighted by Gasteiger charge is -2.34. The second-order valence-corrected chi connectivity index (χ2v) is 4.36. The topological polar surface area (TPSA) is 26.0 Å². The van der Waals surface area contributed by atoms with Gasteiger partial charge in [-0.25, -0.2) is 8.78 Å². The Morgan fingerprint density at radius 3 is 2.13 bits per heavy atom. The van der Waals surface area contributed by atoms with Gasteiger partial charge in [0.25, 0.3) is 5.92 Å². The van der Waals surface area contributed by atoms with E-state index in [2.05, 4.69) is 0 Å². The molecule has 2 N–H and O–H groups in total. The Morgan fingerprint density at radius 1 is 1.13 bits per heavy atom. The lowest BCUT2D eigenvalue weighted by Crippen LogP contribution is -2.35. The molecule has 84 valence electrons. The zero-order valence-electron chi connectivity index (χ0n) is 9.13. The van der Waals surface area contributed by atoms with E-state index in [0.717, 1.165) is 0 Å². The standard InChI is InChI=1S/C12H17F2N/c1-11(2,8-9-15)12(13,14)10-6-4-3-5-7-10/h3-7H,8-9,15H2,1-2H3. The third-order valence-corrected chi connectivity index (χ3v) is 2.76. The molecule has 15 heavy (non-hydrogen) atoms. The first-order chi connectivity index (χ1) is 6.92. The van der Waals surface area contributed by atoms with E-state index >= 15 is 0 Å². The van der Waals surface area contributed by atoms with E-state index in [1.54, 1.807) is 32.0 Å². The van der Waals surface area contributed by atoms with Crippen molar-refractivity contribution < 1.29 is 8.78 Å². The summed E-state index contributed by atoms with van der Waals surface area (Å²) >= 11 is 0. The van der Waals surface area contributed by atoms with E-state index in [9.17, 15) is 8.78 Å². The molecule has 1 aromatic carbocycles. The fourth-order valence-corrected chi connectivity index (χ4v) is 1.56. The molecule has 0 atom stereocenters. The zero-order chi connectivity index (χ0) is 11.5. The van der Waals surface area contributed by atoms with Crippen molar-refractivity contribution in [3.8, 4) is 0 Å². The maximum atomic E-state index is 14.1. The molecule has 3 heteroatoms. The van der Waals surface area contributed by atoms with Gasteiger partial charge in [-0.2, -0.15) is 0 Å². The first-order valence-electron chi connectivity index (χ1n) is 5.05. The van der Waals surface area contributed by atoms with Crippen molar-refractivity contribution in [2.24, 2.45) is 11.1 Å². The second kappa shape index (κ2) is 4.27. The molecule has 0 aromatic heterocycles. The van der Waals surface area contributed by atoms with Crippen LogP contribution in [-0.4, -0.2) is 6.54 Å². The lowest BCUT2D eigenvalue weighted by atomic mass is 9.79. The van der Waals surface area contributed by atoms with Crippen molar-refractivity contribution in [2.45, 2.75) is 26.2 Å². The molecule has 0 spiro atoms. The van der Waals surface area contributed by atoms with E-state index < -0.39 is 11.3 Å². The summed E-state index contributed by atoms with van der Waals surface area (Å²) in [6.45, 7) is 3.37. The van der Waals surface area contributed by atoms with Crippen molar-refractivity contribution in [3.63, 3.8) is 0 Å². The maximum absolute atomic E-state index is 14.1. The smallest absolute Gasteiger partial charge is 0.278 e. The predicted octanol–water partition coefficient (Wildman–Crippen LogP) is 3.15. The van der Waals surface area contributed by atoms with Crippen LogP contribution in [0.5, 0.6) is 0 Å². The van der Waals surface area contributed by atoms with Gasteiger partial charge in [-0.05, 0) is 13.0 Å². The van der Waals surface area contributed by atoms with Crippen LogP contribution in [0.1, 0.15) is 25.8 Å². The molecule has 0 bridgehead atoms. The summed E-state index contributed by atoms with van der Waals surface area (Å²) in [5.74, 6) is -2.84. The minimum absolute atomic E-state index is 0.0588. The Balaban J connectivity index is 3.01. The highest BCUT2D eigenvalue weighted by molar-refractivity contribution is 5.22. The summed E-state index contributed by atoms with van der Waals surface area (Å²) in [7, 11) is 0. The van der Waals surface area contributed by atoms with Gasteiger partial charge in [0.1, 0.15) is 0 Å². The minimum atomic E-state index is -2.84. The number of hydrogen-bond donors (Lipinski definition) is 1. The van der Waals surface area contributed by atoms with Crippen molar-refractivity contribution in [3.05, 3.63) is 35.9 Å². The fourth-order valence-electron chi connectivity index (χ4n) is 1.56. The van der Waals surface area contributed by atoms with E-state index in [1.165, 1.54) is 12.1 Å². The van der Waals surface area contributed by atoms with E-state index in [1.807, 2.05) is 0 Å². The fraction of sp³-hybridized carbons (Fsp3) is 0.500. The van der Waals surface area contributed by atoms with Crippen LogP contribution in [0.3, 0.4) is 0 Å². The molecule has 0 aliphatic rings. The van der Waals surface area contributed by atoms with Crippen LogP contribution in [0, 0.1) is 5.41 Å². The molecule has 0 amide bonds. The highest BCUT2D eigenvalue weighted by Gasteiger charge is 2.47. The molecule has 0 saturated heterocycles. The normalized spacial score (nSPS) is 12.9. The van der Waals surface area contributed by atoms with E-state index in [0.29, 0.717) is 6.42 Å². The first kappa shape index (κ1) is 12.1. The zero-order valence-corrected chi connectivity index (χ0v) is 9.13. The summed E-state index contributed by atoms with van der Waals surface area (Å²) in [5, 5.41) is 0. The summed E-state index contributed by atoms with van der Waals surface area (Å²) in [5.41, 5.74) is 4.31. The Morgan fingerprint density at radius 2 is 1.67 bits per heavy atom. The van der Waals surface area contributed by atoms with Crippen LogP contribution in [0.15, 0.2) is 30.3 Å². The van der Waals surface area contributed by atoms with Gasteiger partial charge in [-0.1, -0.05) is 44.2 Å². The van der Waals surface area contributed by atoms with Gasteiger partial charge in [0.15, 0.2) is 0 Å². The van der Waals surface area contributed by atoms with Crippen molar-refractivity contribution in [2.75, 3.05) is 6.54 Å². The minimum Gasteiger partial charge on any atom is -0.330 e. The third kappa shape index (κ3) is 2.34. The van der Waals surface area contributed by atoms with Crippen LogP contribution in [-0.2, 0) is 5.92 Å². The van der Waals surface area contributed by atoms with Gasteiger partial charge in [0.2, 0.25) is 0 Å². The monoisotopic (exact) mass is 213 g/mol. The summed E-state index contributed by atoms with van der Waals surface area (Å²) in [6, 6.07) is 7.90. The SMILES string of the molecule is CC(C)(CCN)C(F)(F)c1ccccc1. The van der Waals surface area contributed by atoms with Gasteiger partial charge < -0.3 is 5.73 Å². The summed E-state index contributed by atoms with van der Waals surface area (Å²) in [4.78, 5) is 0. The van der Waals surface area contributed by atoms with Crippen LogP contribution >= 0.6 is 0 Å². The Kier molecular flexibility index (Phi) is 3.45. The van der Waals surface area contributed by atoms with E-state index in [4.69, 9.17) is 5.73 Å². The van der Waals surface area contributed by atoms with Gasteiger partial charge in [-0.3, -0.25) is 0 Å². The van der Waals surface area contributed by atoms with Crippen LogP contribution in [0.4, 0.5) is 8.78 Å². The van der Waals surface area contributed by atoms with Crippen LogP contribution < -0.4 is 5.73 Å². The molecule has 0 heterocycles. The Bertz CT molecular complexity index is 307. The second-order valence-electron chi connectivity index (χ2n) is 4.36. The van der Waals surface area contributed by atoms with Crippen molar-refractivity contribution in [1.82, 2.24) is 0 Å². The molecule has 0 saturated carbocycles. The lowest BCUT2D eigenvalue weighted by molar-refractivity contribution is -0.116. The predicted molar refractivity (Wildman–Crippen MR) is 57.8 cm³/mol. The van der Waals surface area contributed by atoms with E-state index in [-0.39, 0.29) is 12.1 Å². The van der Waals surface area contributed by atoms with Crippen molar-refractivity contribution >= 4 is 0 Å². The van der Waals surface area contributed by atoms with Crippen LogP contribution in [0.2, 0.25) is 0 Å². The van der Waals surface area contributed by atoms with Crippen molar-refractivity contribution in [1.29, 1.82) is 0 Å². The number of halogens is 2. The molecule has 0 unspecified atom stereocenters. The molecule has 0 fully saturated rings. The van der Waals surface area contributed by atoms with Gasteiger partial charge in [0.05, 0.1) is 0 Å². The molecule has 1 rings (SSSR count). The van der Waals surface area contributed by atoms with Gasteiger partial charge in [-0.15, -0.1) is 0 Å². The molecular weight excluding hydrogens is 196 g/mol. The number of benzene rings is 1. The first-order valence-corrected chi connectivity index (χ1v) is 5.05. The largest absolute Gasteiger partial charge is 0.330 e. The molecule has 1 nitrogen and oxygen atoms in total. The highest BCUT2D eigenvalue weighted by Crippen LogP contribution is 2.46. The average Bonchev–Trinajstić information content (AvgIpc) is 2.19. The van der Waals surface area contributed by atoms with Gasteiger partial charge >= 0.3 is 0 Å². The highest BCUT2D eigenvalue weighted by atomic mass is 19.3. The molecule has 1 aromatic rings. The number of rotatable bonds is 4. The Hall–Kier alpha value is -0.960. The van der Waals surface area contributed by atoms with Crippen LogP contribution in [0.25, 0.3) is 0 Å². The Labute approximate surface area is 89.3 Å². The quantitative estimate of drug-likeness (QED) is 0.816. The molecule has 0 aliphatic carbocycles. The number of alkyl halides is 2. The summed E-state index contributed by atoms with van der Waals surface area (Å²) < 4.78 is 28.1. The summed E-state index contributed by atoms with van der Waals surface area (Å²) in [6.07, 6.45) is 0.300. The van der Waals surface area contributed by atoms with Gasteiger partial charge in [0, 0.05) is 11.0 Å². The molecule has 0 radical (unpaired) electrons. The molecular formula is C12H17F2N. The maximum Gasteiger partial charge on any atom is 0.278 e. The third-order valence-electron chi connectivity index (χ3n) is 2.76. The number of hydrogen-bond acceptors (Lipinski definition) is 1.